The summed E-state index contributed by atoms with van der Waals surface area (Å²) < 4.78 is 5.49. The van der Waals surface area contributed by atoms with Crippen LogP contribution in [0.2, 0.25) is 0 Å². The number of aliphatic hydroxyl groups is 1. The van der Waals surface area contributed by atoms with Crippen molar-refractivity contribution < 1.29 is 14.3 Å². The van der Waals surface area contributed by atoms with E-state index in [4.69, 9.17) is 9.52 Å². The van der Waals surface area contributed by atoms with Gasteiger partial charge in [0.05, 0.1) is 6.04 Å². The Kier molecular flexibility index (Phi) is 5.06. The van der Waals surface area contributed by atoms with E-state index in [1.807, 2.05) is 26.0 Å². The fourth-order valence-electron chi connectivity index (χ4n) is 2.67. The Hall–Kier alpha value is -1.49. The lowest BCUT2D eigenvalue weighted by atomic mass is 9.87. The van der Waals surface area contributed by atoms with Gasteiger partial charge in [0.15, 0.2) is 0 Å². The number of amides is 2. The van der Waals surface area contributed by atoms with Gasteiger partial charge in [0, 0.05) is 12.6 Å². The van der Waals surface area contributed by atoms with E-state index in [-0.39, 0.29) is 24.7 Å². The van der Waals surface area contributed by atoms with E-state index in [0.717, 1.165) is 37.2 Å². The average Bonchev–Trinajstić information content (AvgIpc) is 2.86. The van der Waals surface area contributed by atoms with E-state index in [2.05, 4.69) is 10.6 Å². The molecule has 1 aromatic rings. The molecule has 0 aromatic carbocycles. The summed E-state index contributed by atoms with van der Waals surface area (Å²) in [6.45, 7) is 4.05. The van der Waals surface area contributed by atoms with Gasteiger partial charge < -0.3 is 20.2 Å². The van der Waals surface area contributed by atoms with Crippen molar-refractivity contribution in [2.75, 3.05) is 6.61 Å². The Morgan fingerprint density at radius 3 is 2.65 bits per heavy atom. The first-order valence-corrected chi connectivity index (χ1v) is 7.32. The lowest BCUT2D eigenvalue weighted by Crippen LogP contribution is -2.44. The number of furan rings is 1. The molecule has 1 saturated carbocycles. The molecule has 1 aromatic heterocycles. The van der Waals surface area contributed by atoms with Crippen molar-refractivity contribution in [3.8, 4) is 0 Å². The average molecular weight is 280 g/mol. The number of rotatable bonds is 4. The third kappa shape index (κ3) is 4.00. The maximum atomic E-state index is 11.9. The normalized spacial score (nSPS) is 24.1. The fraction of sp³-hybridized carbons (Fsp3) is 0.667. The lowest BCUT2D eigenvalue weighted by molar-refractivity contribution is 0.174. The monoisotopic (exact) mass is 280 g/mol. The molecule has 2 amide bonds. The third-order valence-corrected chi connectivity index (χ3v) is 3.98. The molecule has 20 heavy (non-hydrogen) atoms. The minimum absolute atomic E-state index is 0.141. The van der Waals surface area contributed by atoms with Gasteiger partial charge in [-0.2, -0.15) is 0 Å². The third-order valence-electron chi connectivity index (χ3n) is 3.98. The van der Waals surface area contributed by atoms with Crippen LogP contribution >= 0.6 is 0 Å². The molecule has 5 nitrogen and oxygen atoms in total. The number of carbonyl (C=O) groups excluding carboxylic acids is 1. The first kappa shape index (κ1) is 14.9. The summed E-state index contributed by atoms with van der Waals surface area (Å²) in [5.41, 5.74) is 0. The molecule has 1 aliphatic rings. The van der Waals surface area contributed by atoms with Crippen LogP contribution in [-0.2, 0) is 0 Å². The number of aliphatic hydroxyl groups excluding tert-OH is 1. The number of urea groups is 1. The van der Waals surface area contributed by atoms with Gasteiger partial charge in [0.2, 0.25) is 0 Å². The van der Waals surface area contributed by atoms with Crippen molar-refractivity contribution in [2.45, 2.75) is 51.6 Å². The molecular formula is C15H24N2O3. The molecule has 0 bridgehead atoms. The van der Waals surface area contributed by atoms with Crippen molar-refractivity contribution in [3.05, 3.63) is 23.7 Å². The number of carbonyl (C=O) groups is 1. The molecule has 0 saturated heterocycles. The van der Waals surface area contributed by atoms with Crippen LogP contribution in [0.4, 0.5) is 4.79 Å². The van der Waals surface area contributed by atoms with Gasteiger partial charge in [0.1, 0.15) is 11.5 Å². The van der Waals surface area contributed by atoms with E-state index in [1.165, 1.54) is 0 Å². The van der Waals surface area contributed by atoms with E-state index >= 15 is 0 Å². The minimum atomic E-state index is -0.154. The molecule has 0 aliphatic heterocycles. The van der Waals surface area contributed by atoms with E-state index in [1.54, 1.807) is 0 Å². The second kappa shape index (κ2) is 6.79. The topological polar surface area (TPSA) is 74.5 Å². The van der Waals surface area contributed by atoms with Crippen LogP contribution in [0, 0.1) is 12.8 Å². The highest BCUT2D eigenvalue weighted by Crippen LogP contribution is 2.23. The summed E-state index contributed by atoms with van der Waals surface area (Å²) in [4.78, 5) is 11.9. The maximum Gasteiger partial charge on any atom is 0.315 e. The Labute approximate surface area is 119 Å². The van der Waals surface area contributed by atoms with Gasteiger partial charge >= 0.3 is 6.03 Å². The molecule has 3 N–H and O–H groups in total. The van der Waals surface area contributed by atoms with Crippen molar-refractivity contribution in [2.24, 2.45) is 5.92 Å². The van der Waals surface area contributed by atoms with Crippen molar-refractivity contribution >= 4 is 6.03 Å². The van der Waals surface area contributed by atoms with Crippen LogP contribution in [0.3, 0.4) is 0 Å². The highest BCUT2D eigenvalue weighted by Gasteiger charge is 2.22. The molecule has 112 valence electrons. The molecule has 1 fully saturated rings. The van der Waals surface area contributed by atoms with E-state index in [0.29, 0.717) is 5.92 Å². The smallest absolute Gasteiger partial charge is 0.315 e. The summed E-state index contributed by atoms with van der Waals surface area (Å²) in [5.74, 6) is 2.01. The van der Waals surface area contributed by atoms with Crippen molar-refractivity contribution in [3.63, 3.8) is 0 Å². The summed E-state index contributed by atoms with van der Waals surface area (Å²) in [6, 6.07) is 3.69. The molecule has 0 spiro atoms. The van der Waals surface area contributed by atoms with Gasteiger partial charge in [-0.05, 0) is 57.6 Å². The largest absolute Gasteiger partial charge is 0.464 e. The SMILES string of the molecule is Cc1ccc(C(C)NC(=O)NC2CCC(CO)CC2)o1. The van der Waals surface area contributed by atoms with E-state index in [9.17, 15) is 4.79 Å². The second-order valence-corrected chi connectivity index (χ2v) is 5.69. The second-order valence-electron chi connectivity index (χ2n) is 5.69. The highest BCUT2D eigenvalue weighted by atomic mass is 16.3. The first-order valence-electron chi connectivity index (χ1n) is 7.32. The predicted molar refractivity (Wildman–Crippen MR) is 76.4 cm³/mol. The number of hydrogen-bond donors (Lipinski definition) is 3. The summed E-state index contributed by atoms with van der Waals surface area (Å²) in [7, 11) is 0. The zero-order chi connectivity index (χ0) is 14.5. The van der Waals surface area contributed by atoms with Gasteiger partial charge in [-0.15, -0.1) is 0 Å². The van der Waals surface area contributed by atoms with Crippen LogP contribution in [0.15, 0.2) is 16.5 Å². The van der Waals surface area contributed by atoms with Crippen molar-refractivity contribution in [1.29, 1.82) is 0 Å². The Balaban J connectivity index is 1.75. The minimum Gasteiger partial charge on any atom is -0.464 e. The number of hydrogen-bond acceptors (Lipinski definition) is 3. The van der Waals surface area contributed by atoms with Gasteiger partial charge in [-0.25, -0.2) is 4.79 Å². The molecular weight excluding hydrogens is 256 g/mol. The van der Waals surface area contributed by atoms with Crippen LogP contribution in [0.5, 0.6) is 0 Å². The van der Waals surface area contributed by atoms with Gasteiger partial charge in [0.25, 0.3) is 0 Å². The van der Waals surface area contributed by atoms with Crippen LogP contribution in [0.1, 0.15) is 50.2 Å². The molecule has 1 heterocycles. The van der Waals surface area contributed by atoms with Crippen molar-refractivity contribution in [1.82, 2.24) is 10.6 Å². The van der Waals surface area contributed by atoms with Crippen LogP contribution in [0.25, 0.3) is 0 Å². The predicted octanol–water partition coefficient (Wildman–Crippen LogP) is 2.50. The quantitative estimate of drug-likeness (QED) is 0.793. The fourth-order valence-corrected chi connectivity index (χ4v) is 2.67. The van der Waals surface area contributed by atoms with Gasteiger partial charge in [-0.1, -0.05) is 0 Å². The van der Waals surface area contributed by atoms with Crippen LogP contribution in [-0.4, -0.2) is 23.8 Å². The maximum absolute atomic E-state index is 11.9. The summed E-state index contributed by atoms with van der Waals surface area (Å²) in [5, 5.41) is 15.0. The summed E-state index contributed by atoms with van der Waals surface area (Å²) >= 11 is 0. The Bertz CT molecular complexity index is 436. The molecule has 1 aliphatic carbocycles. The Morgan fingerprint density at radius 2 is 2.10 bits per heavy atom. The molecule has 5 heteroatoms. The molecule has 1 atom stereocenters. The highest BCUT2D eigenvalue weighted by molar-refractivity contribution is 5.74. The summed E-state index contributed by atoms with van der Waals surface area (Å²) in [6.07, 6.45) is 3.84. The number of nitrogens with one attached hydrogen (secondary N) is 2. The Morgan fingerprint density at radius 1 is 1.40 bits per heavy atom. The van der Waals surface area contributed by atoms with Crippen LogP contribution < -0.4 is 10.6 Å². The molecule has 2 rings (SSSR count). The standard InChI is InChI=1S/C15H24N2O3/c1-10-3-8-14(20-10)11(2)16-15(19)17-13-6-4-12(9-18)5-7-13/h3,8,11-13,18H,4-7,9H2,1-2H3,(H2,16,17,19). The zero-order valence-electron chi connectivity index (χ0n) is 12.2. The number of aryl methyl sites for hydroxylation is 1. The lowest BCUT2D eigenvalue weighted by Gasteiger charge is -2.28. The van der Waals surface area contributed by atoms with E-state index < -0.39 is 0 Å². The van der Waals surface area contributed by atoms with Gasteiger partial charge in [-0.3, -0.25) is 0 Å². The molecule has 1 unspecified atom stereocenters. The molecule has 0 radical (unpaired) electrons. The first-order chi connectivity index (χ1) is 9.58. The zero-order valence-corrected chi connectivity index (χ0v) is 12.2.